The molecule has 2 unspecified atom stereocenters. The van der Waals surface area contributed by atoms with Crippen LogP contribution in [0.15, 0.2) is 10.1 Å². The summed E-state index contributed by atoms with van der Waals surface area (Å²) in [5.41, 5.74) is 0. The van der Waals surface area contributed by atoms with Gasteiger partial charge in [0.15, 0.2) is 18.0 Å². The van der Waals surface area contributed by atoms with Crippen molar-refractivity contribution in [3.8, 4) is 0 Å². The molecule has 2 aliphatic carbocycles. The van der Waals surface area contributed by atoms with Crippen LogP contribution in [0, 0.1) is 0 Å². The molecule has 88 valence electrons. The van der Waals surface area contributed by atoms with Gasteiger partial charge in [-0.1, -0.05) is 0 Å². The van der Waals surface area contributed by atoms with Crippen LogP contribution in [0.25, 0.3) is 1.43 Å². The monoisotopic (exact) mass is 223 g/mol. The Morgan fingerprint density at radius 1 is 1.31 bits per heavy atom. The Bertz CT molecular complexity index is 369. The maximum atomic E-state index is 6.80. The van der Waals surface area contributed by atoms with Gasteiger partial charge in [-0.2, -0.15) is 0 Å². The predicted octanol–water partition coefficient (Wildman–Crippen LogP) is 2.28. The Balaban J connectivity index is 1.63. The van der Waals surface area contributed by atoms with Crippen LogP contribution in [-0.4, -0.2) is 39.9 Å². The number of azo groups is 2. The number of hydrogen-bond acceptors (Lipinski definition) is 3. The van der Waals surface area contributed by atoms with Crippen LogP contribution in [0.4, 0.5) is 0 Å². The lowest BCUT2D eigenvalue weighted by atomic mass is 10.1. The molecule has 0 aromatic carbocycles. The van der Waals surface area contributed by atoms with Crippen LogP contribution in [0.5, 0.6) is 0 Å². The zero-order valence-corrected chi connectivity index (χ0v) is 9.80. The van der Waals surface area contributed by atoms with Gasteiger partial charge in [-0.15, -0.1) is 4.70 Å². The molecule has 2 bridgehead atoms. The van der Waals surface area contributed by atoms with E-state index in [1.165, 1.54) is 25.7 Å². The normalized spacial score (nSPS) is 43.4. The van der Waals surface area contributed by atoms with Gasteiger partial charge in [0, 0.05) is 32.6 Å². The molecule has 0 aromatic rings. The Kier molecular flexibility index (Phi) is 2.18. The Morgan fingerprint density at radius 3 is 2.81 bits per heavy atom. The molecule has 0 aromatic heterocycles. The average Bonchev–Trinajstić information content (AvgIpc) is 3.03. The lowest BCUT2D eigenvalue weighted by Gasteiger charge is -2.11. The van der Waals surface area contributed by atoms with E-state index in [-0.39, 0.29) is 0 Å². The largest absolute Gasteiger partial charge is 0.497 e. The van der Waals surface area contributed by atoms with Crippen molar-refractivity contribution in [3.63, 3.8) is 0 Å². The lowest BCUT2D eigenvalue weighted by Crippen LogP contribution is -2.29. The van der Waals surface area contributed by atoms with Crippen LogP contribution < -0.4 is 0 Å². The first-order valence-electron chi connectivity index (χ1n) is 6.83. The fraction of sp³-hybridized carbons (Fsp3) is 0.917. The molecule has 0 saturated heterocycles. The zero-order chi connectivity index (χ0) is 11.8. The van der Waals surface area contributed by atoms with E-state index in [0.717, 1.165) is 12.8 Å². The molecular formula is C12H20N3O+. The highest BCUT2D eigenvalue weighted by Gasteiger charge is 2.47. The minimum Gasteiger partial charge on any atom is -0.497 e. The summed E-state index contributed by atoms with van der Waals surface area (Å²) in [4.78, 5) is 4.42. The molecule has 1 N–H and O–H groups in total. The maximum absolute atomic E-state index is 6.80. The van der Waals surface area contributed by atoms with Crippen molar-refractivity contribution in [2.24, 2.45) is 10.1 Å². The summed E-state index contributed by atoms with van der Waals surface area (Å²) in [6.45, 7) is 1.75. The van der Waals surface area contributed by atoms with Crippen molar-refractivity contribution < 1.29 is 9.81 Å². The number of rotatable bonds is 2. The van der Waals surface area contributed by atoms with E-state index >= 15 is 0 Å². The second kappa shape index (κ2) is 3.82. The van der Waals surface area contributed by atoms with Gasteiger partial charge in [0.1, 0.15) is 6.04 Å². The van der Waals surface area contributed by atoms with E-state index in [9.17, 15) is 0 Å². The first kappa shape index (κ1) is 9.14. The molecule has 0 radical (unpaired) electrons. The summed E-state index contributed by atoms with van der Waals surface area (Å²) < 4.78 is 9.17. The van der Waals surface area contributed by atoms with Crippen LogP contribution in [-0.2, 0) is 0 Å². The van der Waals surface area contributed by atoms with Crippen molar-refractivity contribution in [2.75, 3.05) is 0 Å². The summed E-state index contributed by atoms with van der Waals surface area (Å²) in [5.74, 6) is 0.482. The quantitative estimate of drug-likeness (QED) is 0.436. The molecule has 2 fully saturated rings. The number of aliphatic imine (C=N–C) groups is 1. The molecule has 16 heavy (non-hydrogen) atoms. The van der Waals surface area contributed by atoms with Gasteiger partial charge in [0.05, 0.1) is 6.04 Å². The highest BCUT2D eigenvalue weighted by molar-refractivity contribution is 5.70. The SMILES string of the molecule is [2H]OC(C)=NC1CCC([N+]2=N[C@H]3CC[C@@H]2C3)C1. The number of nitrogens with zero attached hydrogens (tertiary/aromatic N) is 3. The Morgan fingerprint density at radius 2 is 2.12 bits per heavy atom. The van der Waals surface area contributed by atoms with Gasteiger partial charge in [-0.05, 0) is 18.0 Å². The topological polar surface area (TPSA) is 48.0 Å². The molecular weight excluding hydrogens is 202 g/mol. The van der Waals surface area contributed by atoms with E-state index in [2.05, 4.69) is 14.8 Å². The minimum absolute atomic E-state index is 0.333. The molecule has 0 amide bonds. The molecule has 4 nitrogen and oxygen atoms in total. The third-order valence-corrected chi connectivity index (χ3v) is 4.16. The van der Waals surface area contributed by atoms with E-state index in [4.69, 9.17) is 6.55 Å². The minimum atomic E-state index is 0.333. The zero-order valence-electron chi connectivity index (χ0n) is 10.8. The third-order valence-electron chi connectivity index (χ3n) is 4.16. The second-order valence-electron chi connectivity index (χ2n) is 5.38. The molecule has 1 heterocycles. The summed E-state index contributed by atoms with van der Waals surface area (Å²) in [7, 11) is 0. The number of hydrogen-bond donors (Lipinski definition) is 1. The molecule has 0 spiro atoms. The Hall–Kier alpha value is -0.930. The van der Waals surface area contributed by atoms with Crippen LogP contribution in [0.3, 0.4) is 0 Å². The maximum Gasteiger partial charge on any atom is 0.294 e. The predicted molar refractivity (Wildman–Crippen MR) is 61.3 cm³/mol. The average molecular weight is 223 g/mol. The van der Waals surface area contributed by atoms with Gasteiger partial charge in [0.25, 0.3) is 1.43 Å². The fourth-order valence-corrected chi connectivity index (χ4v) is 3.50. The first-order chi connectivity index (χ1) is 8.26. The van der Waals surface area contributed by atoms with Crippen molar-refractivity contribution in [1.82, 2.24) is 0 Å². The molecule has 4 heteroatoms. The standard InChI is InChI=1S/C12H19N3O/c1-8(16)13-9-2-4-11(6-9)15-12-5-3-10(7-12)14-15/h9-12H,2-7H2,1H3/p+1/t9?,10-,11?,12+/m0/s1/i/hD. The molecule has 3 aliphatic rings. The van der Waals surface area contributed by atoms with E-state index in [0.29, 0.717) is 30.1 Å². The van der Waals surface area contributed by atoms with Gasteiger partial charge >= 0.3 is 0 Å². The van der Waals surface area contributed by atoms with Crippen molar-refractivity contribution in [1.29, 1.82) is 1.43 Å². The molecule has 2 saturated carbocycles. The van der Waals surface area contributed by atoms with Gasteiger partial charge < -0.3 is 5.11 Å². The summed E-state index contributed by atoms with van der Waals surface area (Å²) >= 11 is 0. The fourth-order valence-electron chi connectivity index (χ4n) is 3.50. The number of aliphatic hydroxyl groups is 1. The highest BCUT2D eigenvalue weighted by Crippen LogP contribution is 2.36. The smallest absolute Gasteiger partial charge is 0.294 e. The molecule has 1 aliphatic heterocycles. The lowest BCUT2D eigenvalue weighted by molar-refractivity contribution is -0.651. The third kappa shape index (κ3) is 1.74. The summed E-state index contributed by atoms with van der Waals surface area (Å²) in [6.07, 6.45) is 7.27. The second-order valence-corrected chi connectivity index (χ2v) is 5.38. The Labute approximate surface area is 97.6 Å². The summed E-state index contributed by atoms with van der Waals surface area (Å²) in [6, 6.07) is 2.24. The number of aliphatic hydroxyl groups excluding tert-OH is 1. The van der Waals surface area contributed by atoms with Gasteiger partial charge in [0.2, 0.25) is 0 Å². The number of fused-ring (bicyclic) bond motifs is 2. The molecule has 3 rings (SSSR count). The highest BCUT2D eigenvalue weighted by atomic mass is 16.3. The van der Waals surface area contributed by atoms with Gasteiger partial charge in [-0.25, -0.2) is 0 Å². The van der Waals surface area contributed by atoms with E-state index in [1.54, 1.807) is 6.92 Å². The van der Waals surface area contributed by atoms with E-state index < -0.39 is 0 Å². The molecule has 4 atom stereocenters. The van der Waals surface area contributed by atoms with Crippen molar-refractivity contribution >= 4 is 5.90 Å². The van der Waals surface area contributed by atoms with Crippen LogP contribution in [0.2, 0.25) is 0 Å². The van der Waals surface area contributed by atoms with E-state index in [1.807, 2.05) is 0 Å². The first-order valence-corrected chi connectivity index (χ1v) is 6.43. The van der Waals surface area contributed by atoms with Crippen molar-refractivity contribution in [2.45, 2.75) is 69.6 Å². The van der Waals surface area contributed by atoms with Crippen LogP contribution >= 0.6 is 0 Å². The summed E-state index contributed by atoms with van der Waals surface area (Å²) in [5, 5.41) is 9.17. The van der Waals surface area contributed by atoms with Crippen molar-refractivity contribution in [3.05, 3.63) is 0 Å². The van der Waals surface area contributed by atoms with Gasteiger partial charge in [-0.3, -0.25) is 4.99 Å². The van der Waals surface area contributed by atoms with Crippen LogP contribution in [0.1, 0.15) is 45.4 Å².